The van der Waals surface area contributed by atoms with E-state index in [1.165, 1.54) is 12.8 Å². The van der Waals surface area contributed by atoms with Crippen LogP contribution < -0.4 is 5.32 Å². The van der Waals surface area contributed by atoms with Gasteiger partial charge in [-0.25, -0.2) is 0 Å². The molecule has 3 atom stereocenters. The summed E-state index contributed by atoms with van der Waals surface area (Å²) < 4.78 is 0. The Bertz CT molecular complexity index is 205. The topological polar surface area (TPSA) is 32.3 Å². The highest BCUT2D eigenvalue weighted by molar-refractivity contribution is 4.94. The van der Waals surface area contributed by atoms with E-state index in [-0.39, 0.29) is 5.41 Å². The number of allylic oxidation sites excluding steroid dienone is 1. The third kappa shape index (κ3) is 3.32. The number of rotatable bonds is 6. The maximum atomic E-state index is 9.43. The van der Waals surface area contributed by atoms with Crippen molar-refractivity contribution in [3.63, 3.8) is 0 Å². The lowest BCUT2D eigenvalue weighted by Crippen LogP contribution is -2.45. The summed E-state index contributed by atoms with van der Waals surface area (Å²) in [5, 5.41) is 13.1. The van der Waals surface area contributed by atoms with E-state index in [0.717, 1.165) is 19.3 Å². The fraction of sp³-hybridized carbons (Fsp3) is 0.846. The summed E-state index contributed by atoms with van der Waals surface area (Å²) in [4.78, 5) is 0. The number of aliphatic hydroxyl groups excluding tert-OH is 1. The van der Waals surface area contributed by atoms with E-state index in [1.807, 2.05) is 6.08 Å². The van der Waals surface area contributed by atoms with Gasteiger partial charge in [0.25, 0.3) is 0 Å². The van der Waals surface area contributed by atoms with E-state index in [9.17, 15) is 5.11 Å². The first kappa shape index (κ1) is 12.7. The van der Waals surface area contributed by atoms with E-state index in [4.69, 9.17) is 0 Å². The van der Waals surface area contributed by atoms with Crippen molar-refractivity contribution in [3.8, 4) is 0 Å². The van der Waals surface area contributed by atoms with Gasteiger partial charge in [0.15, 0.2) is 0 Å². The van der Waals surface area contributed by atoms with Gasteiger partial charge in [-0.05, 0) is 32.6 Å². The van der Waals surface area contributed by atoms with Crippen molar-refractivity contribution in [2.45, 2.75) is 58.0 Å². The predicted molar refractivity (Wildman–Crippen MR) is 64.9 cm³/mol. The lowest BCUT2D eigenvalue weighted by atomic mass is 9.85. The molecule has 1 saturated carbocycles. The van der Waals surface area contributed by atoms with Crippen LogP contribution >= 0.6 is 0 Å². The Kier molecular flexibility index (Phi) is 4.81. The Balaban J connectivity index is 2.39. The van der Waals surface area contributed by atoms with Gasteiger partial charge in [0.2, 0.25) is 0 Å². The van der Waals surface area contributed by atoms with Gasteiger partial charge in [-0.3, -0.25) is 0 Å². The van der Waals surface area contributed by atoms with Crippen LogP contribution in [0.25, 0.3) is 0 Å². The summed E-state index contributed by atoms with van der Waals surface area (Å²) >= 11 is 0. The highest BCUT2D eigenvalue weighted by Crippen LogP contribution is 2.37. The Morgan fingerprint density at radius 1 is 1.67 bits per heavy atom. The van der Waals surface area contributed by atoms with Crippen LogP contribution in [0.5, 0.6) is 0 Å². The Hall–Kier alpha value is -0.340. The summed E-state index contributed by atoms with van der Waals surface area (Å²) in [6.45, 7) is 8.46. The largest absolute Gasteiger partial charge is 0.396 e. The highest BCUT2D eigenvalue weighted by atomic mass is 16.3. The first-order chi connectivity index (χ1) is 7.12. The number of hydrogen-bond donors (Lipinski definition) is 2. The van der Waals surface area contributed by atoms with Crippen molar-refractivity contribution in [1.82, 2.24) is 5.32 Å². The van der Waals surface area contributed by atoms with E-state index < -0.39 is 0 Å². The second-order valence-electron chi connectivity index (χ2n) is 5.19. The molecule has 0 bridgehead atoms. The summed E-state index contributed by atoms with van der Waals surface area (Å²) in [5.41, 5.74) is 0.0996. The molecule has 1 aliphatic carbocycles. The Morgan fingerprint density at radius 2 is 2.40 bits per heavy atom. The molecule has 2 heteroatoms. The van der Waals surface area contributed by atoms with Crippen LogP contribution in [0.1, 0.15) is 46.0 Å². The van der Waals surface area contributed by atoms with Crippen LogP contribution in [-0.4, -0.2) is 23.8 Å². The zero-order chi connectivity index (χ0) is 11.3. The van der Waals surface area contributed by atoms with Gasteiger partial charge in [0.1, 0.15) is 0 Å². The molecule has 1 rings (SSSR count). The minimum absolute atomic E-state index is 0.0996. The van der Waals surface area contributed by atoms with Gasteiger partial charge in [-0.2, -0.15) is 0 Å². The fourth-order valence-corrected chi connectivity index (χ4v) is 2.50. The SMILES string of the molecule is C=CCC[C@H](C)N[C@@H]1CCC[C@@]1(C)CO. The third-order valence-corrected chi connectivity index (χ3v) is 3.73. The lowest BCUT2D eigenvalue weighted by molar-refractivity contribution is 0.114. The number of hydrogen-bond acceptors (Lipinski definition) is 2. The summed E-state index contributed by atoms with van der Waals surface area (Å²) in [6, 6.07) is 1.01. The molecule has 0 heterocycles. The minimum atomic E-state index is 0.0996. The molecule has 0 saturated heterocycles. The minimum Gasteiger partial charge on any atom is -0.396 e. The standard InChI is InChI=1S/C13H25NO/c1-4-5-7-11(2)14-12-8-6-9-13(12,3)10-15/h4,11-12,14-15H,1,5-10H2,2-3H3/t11-,12+,13-/m0/s1. The van der Waals surface area contributed by atoms with Crippen LogP contribution in [0.2, 0.25) is 0 Å². The average molecular weight is 211 g/mol. The zero-order valence-electron chi connectivity index (χ0n) is 10.1. The molecule has 0 unspecified atom stereocenters. The molecule has 0 spiro atoms. The highest BCUT2D eigenvalue weighted by Gasteiger charge is 2.38. The molecule has 2 nitrogen and oxygen atoms in total. The second kappa shape index (κ2) is 5.66. The van der Waals surface area contributed by atoms with Crippen molar-refractivity contribution in [1.29, 1.82) is 0 Å². The summed E-state index contributed by atoms with van der Waals surface area (Å²) in [6.07, 6.45) is 7.77. The van der Waals surface area contributed by atoms with Crippen LogP contribution in [0.3, 0.4) is 0 Å². The van der Waals surface area contributed by atoms with Gasteiger partial charge >= 0.3 is 0 Å². The van der Waals surface area contributed by atoms with Crippen molar-refractivity contribution in [3.05, 3.63) is 12.7 Å². The van der Waals surface area contributed by atoms with Crippen molar-refractivity contribution >= 4 is 0 Å². The first-order valence-corrected chi connectivity index (χ1v) is 6.10. The molecule has 0 aromatic carbocycles. The molecule has 0 aromatic heterocycles. The van der Waals surface area contributed by atoms with Gasteiger partial charge < -0.3 is 10.4 Å². The van der Waals surface area contributed by atoms with Crippen molar-refractivity contribution in [2.75, 3.05) is 6.61 Å². The number of nitrogens with one attached hydrogen (secondary N) is 1. The molecule has 0 radical (unpaired) electrons. The van der Waals surface area contributed by atoms with E-state index >= 15 is 0 Å². The monoisotopic (exact) mass is 211 g/mol. The van der Waals surface area contributed by atoms with Gasteiger partial charge in [0, 0.05) is 24.1 Å². The lowest BCUT2D eigenvalue weighted by Gasteiger charge is -2.32. The van der Waals surface area contributed by atoms with Crippen LogP contribution in [0.4, 0.5) is 0 Å². The summed E-state index contributed by atoms with van der Waals surface area (Å²) in [5.74, 6) is 0. The summed E-state index contributed by atoms with van der Waals surface area (Å²) in [7, 11) is 0. The van der Waals surface area contributed by atoms with Crippen LogP contribution in [-0.2, 0) is 0 Å². The smallest absolute Gasteiger partial charge is 0.0499 e. The first-order valence-electron chi connectivity index (χ1n) is 6.10. The Labute approximate surface area is 93.8 Å². The molecule has 88 valence electrons. The van der Waals surface area contributed by atoms with Gasteiger partial charge in [0.05, 0.1) is 0 Å². The molecule has 1 fully saturated rings. The molecule has 0 aromatic rings. The number of aliphatic hydroxyl groups is 1. The van der Waals surface area contributed by atoms with E-state index in [0.29, 0.717) is 18.7 Å². The van der Waals surface area contributed by atoms with E-state index in [1.54, 1.807) is 0 Å². The maximum Gasteiger partial charge on any atom is 0.0499 e. The Morgan fingerprint density at radius 3 is 3.00 bits per heavy atom. The molecular weight excluding hydrogens is 186 g/mol. The zero-order valence-corrected chi connectivity index (χ0v) is 10.1. The second-order valence-corrected chi connectivity index (χ2v) is 5.19. The van der Waals surface area contributed by atoms with Crippen LogP contribution in [0.15, 0.2) is 12.7 Å². The van der Waals surface area contributed by atoms with Crippen molar-refractivity contribution < 1.29 is 5.11 Å². The normalized spacial score (nSPS) is 32.9. The maximum absolute atomic E-state index is 9.43. The molecule has 2 N–H and O–H groups in total. The van der Waals surface area contributed by atoms with Crippen LogP contribution in [0, 0.1) is 5.41 Å². The quantitative estimate of drug-likeness (QED) is 0.662. The fourth-order valence-electron chi connectivity index (χ4n) is 2.50. The van der Waals surface area contributed by atoms with Gasteiger partial charge in [-0.1, -0.05) is 19.4 Å². The van der Waals surface area contributed by atoms with Crippen molar-refractivity contribution in [2.24, 2.45) is 5.41 Å². The molecule has 0 aliphatic heterocycles. The van der Waals surface area contributed by atoms with E-state index in [2.05, 4.69) is 25.7 Å². The molecule has 15 heavy (non-hydrogen) atoms. The predicted octanol–water partition coefficient (Wildman–Crippen LogP) is 2.48. The third-order valence-electron chi connectivity index (χ3n) is 3.73. The average Bonchev–Trinajstić information content (AvgIpc) is 2.58. The van der Waals surface area contributed by atoms with Gasteiger partial charge in [-0.15, -0.1) is 6.58 Å². The molecule has 0 amide bonds. The molecule has 1 aliphatic rings. The molecular formula is C13H25NO.